The van der Waals surface area contributed by atoms with Gasteiger partial charge in [-0.2, -0.15) is 0 Å². The third-order valence-corrected chi connectivity index (χ3v) is 5.36. The molecule has 2 saturated heterocycles. The lowest BCUT2D eigenvalue weighted by molar-refractivity contribution is -0.111. The van der Waals surface area contributed by atoms with E-state index >= 15 is 0 Å². The molecule has 8 heteroatoms. The Labute approximate surface area is 164 Å². The normalized spacial score (nSPS) is 18.9. The maximum Gasteiger partial charge on any atom is 0.255 e. The molecular weight excluding hydrogens is 358 g/mol. The summed E-state index contributed by atoms with van der Waals surface area (Å²) in [6.45, 7) is 5.94. The van der Waals surface area contributed by atoms with Crippen molar-refractivity contribution in [2.75, 3.05) is 44.3 Å². The summed E-state index contributed by atoms with van der Waals surface area (Å²) in [6, 6.07) is 5.48. The van der Waals surface area contributed by atoms with Gasteiger partial charge in [0, 0.05) is 38.1 Å². The predicted octanol–water partition coefficient (Wildman–Crippen LogP) is 1.78. The third kappa shape index (κ3) is 3.91. The molecule has 2 aliphatic rings. The zero-order chi connectivity index (χ0) is 19.4. The molecule has 0 radical (unpaired) electrons. The monoisotopic (exact) mass is 383 g/mol. The Bertz CT molecular complexity index is 808. The highest BCUT2D eigenvalue weighted by molar-refractivity contribution is 5.94. The van der Waals surface area contributed by atoms with Crippen molar-refractivity contribution in [2.45, 2.75) is 25.4 Å². The molecule has 28 heavy (non-hydrogen) atoms. The lowest BCUT2D eigenvalue weighted by Gasteiger charge is -2.47. The highest BCUT2D eigenvalue weighted by Crippen LogP contribution is 2.32. The fourth-order valence-corrected chi connectivity index (χ4v) is 3.87. The molecule has 1 amide bonds. The summed E-state index contributed by atoms with van der Waals surface area (Å²) in [6.07, 6.45) is 6.53. The second-order valence-electron chi connectivity index (χ2n) is 7.13. The quantitative estimate of drug-likeness (QED) is 0.796. The number of amides is 1. The van der Waals surface area contributed by atoms with Crippen molar-refractivity contribution < 1.29 is 14.3 Å². The second kappa shape index (κ2) is 8.10. The highest BCUT2D eigenvalue weighted by atomic mass is 16.5. The van der Waals surface area contributed by atoms with Crippen LogP contribution in [-0.2, 0) is 4.74 Å². The smallest absolute Gasteiger partial charge is 0.255 e. The van der Waals surface area contributed by atoms with Crippen molar-refractivity contribution in [3.05, 3.63) is 42.5 Å². The van der Waals surface area contributed by atoms with Crippen molar-refractivity contribution in [2.24, 2.45) is 0 Å². The van der Waals surface area contributed by atoms with Crippen molar-refractivity contribution >= 4 is 11.7 Å². The molecule has 0 bridgehead atoms. The Morgan fingerprint density at radius 2 is 2.14 bits per heavy atom. The number of ether oxygens (including phenoxy) is 2. The van der Waals surface area contributed by atoms with Crippen LogP contribution in [0.3, 0.4) is 0 Å². The van der Waals surface area contributed by atoms with Gasteiger partial charge in [0.05, 0.1) is 30.9 Å². The van der Waals surface area contributed by atoms with Gasteiger partial charge in [0.15, 0.2) is 0 Å². The van der Waals surface area contributed by atoms with Crippen LogP contribution in [0.25, 0.3) is 0 Å². The Hall–Kier alpha value is -2.74. The average molecular weight is 383 g/mol. The number of anilines is 1. The standard InChI is InChI=1S/C20H25N5O3/c1-2-27-18-12-17(22-15-23-18)24-8-5-20(6-9-24)14-25(10-11-28-20)19(26)16-4-3-7-21-13-16/h3-4,7,12-13,15H,2,5-6,8-11,14H2,1H3. The zero-order valence-corrected chi connectivity index (χ0v) is 16.1. The SMILES string of the molecule is CCOc1cc(N2CCC3(CC2)CN(C(=O)c2cccnc2)CCO3)ncn1. The summed E-state index contributed by atoms with van der Waals surface area (Å²) >= 11 is 0. The lowest BCUT2D eigenvalue weighted by atomic mass is 9.89. The van der Waals surface area contributed by atoms with Gasteiger partial charge in [0.1, 0.15) is 12.1 Å². The number of carbonyl (C=O) groups excluding carboxylic acids is 1. The molecule has 2 aliphatic heterocycles. The Morgan fingerprint density at radius 1 is 1.29 bits per heavy atom. The Balaban J connectivity index is 1.40. The predicted molar refractivity (Wildman–Crippen MR) is 103 cm³/mol. The topological polar surface area (TPSA) is 80.7 Å². The Morgan fingerprint density at radius 3 is 2.89 bits per heavy atom. The average Bonchev–Trinajstić information content (AvgIpc) is 2.75. The summed E-state index contributed by atoms with van der Waals surface area (Å²) in [5.74, 6) is 1.48. The van der Waals surface area contributed by atoms with Gasteiger partial charge in [0.25, 0.3) is 5.91 Å². The first-order valence-corrected chi connectivity index (χ1v) is 9.72. The number of morpholine rings is 1. The maximum atomic E-state index is 12.8. The number of hydrogen-bond donors (Lipinski definition) is 0. The Kier molecular flexibility index (Phi) is 5.38. The van der Waals surface area contributed by atoms with Crippen LogP contribution in [0, 0.1) is 0 Å². The summed E-state index contributed by atoms with van der Waals surface area (Å²) in [5.41, 5.74) is 0.337. The van der Waals surface area contributed by atoms with Crippen molar-refractivity contribution in [3.8, 4) is 5.88 Å². The van der Waals surface area contributed by atoms with Gasteiger partial charge in [-0.1, -0.05) is 0 Å². The molecule has 0 aromatic carbocycles. The van der Waals surface area contributed by atoms with Crippen molar-refractivity contribution in [3.63, 3.8) is 0 Å². The van der Waals surface area contributed by atoms with E-state index < -0.39 is 0 Å². The molecule has 0 atom stereocenters. The van der Waals surface area contributed by atoms with Crippen LogP contribution >= 0.6 is 0 Å². The highest BCUT2D eigenvalue weighted by Gasteiger charge is 2.41. The molecule has 0 saturated carbocycles. The first kappa shape index (κ1) is 18.6. The summed E-state index contributed by atoms with van der Waals surface area (Å²) in [4.78, 5) is 29.5. The van der Waals surface area contributed by atoms with Gasteiger partial charge in [-0.3, -0.25) is 9.78 Å². The summed E-state index contributed by atoms with van der Waals surface area (Å²) < 4.78 is 11.7. The van der Waals surface area contributed by atoms with E-state index in [0.29, 0.717) is 37.7 Å². The number of rotatable bonds is 4. The van der Waals surface area contributed by atoms with Gasteiger partial charge in [0.2, 0.25) is 5.88 Å². The minimum absolute atomic E-state index is 0.0235. The van der Waals surface area contributed by atoms with Gasteiger partial charge in [-0.25, -0.2) is 9.97 Å². The number of carbonyl (C=O) groups is 1. The molecule has 1 spiro atoms. The van der Waals surface area contributed by atoms with E-state index in [2.05, 4.69) is 19.9 Å². The minimum Gasteiger partial charge on any atom is -0.478 e. The van der Waals surface area contributed by atoms with E-state index in [1.807, 2.05) is 24.0 Å². The van der Waals surface area contributed by atoms with Gasteiger partial charge < -0.3 is 19.3 Å². The first-order chi connectivity index (χ1) is 13.7. The number of nitrogens with zero attached hydrogens (tertiary/aromatic N) is 5. The number of pyridine rings is 1. The lowest BCUT2D eigenvalue weighted by Crippen LogP contribution is -2.58. The van der Waals surface area contributed by atoms with E-state index in [-0.39, 0.29) is 11.5 Å². The molecule has 4 rings (SSSR count). The number of aromatic nitrogens is 3. The molecule has 2 aromatic rings. The number of hydrogen-bond acceptors (Lipinski definition) is 7. The molecule has 0 N–H and O–H groups in total. The minimum atomic E-state index is -0.289. The van der Waals surface area contributed by atoms with E-state index in [4.69, 9.17) is 9.47 Å². The molecule has 8 nitrogen and oxygen atoms in total. The second-order valence-corrected chi connectivity index (χ2v) is 7.13. The van der Waals surface area contributed by atoms with Crippen LogP contribution in [-0.4, -0.2) is 70.8 Å². The van der Waals surface area contributed by atoms with E-state index in [1.165, 1.54) is 6.33 Å². The van der Waals surface area contributed by atoms with Gasteiger partial charge in [-0.05, 0) is 31.9 Å². The molecule has 0 unspecified atom stereocenters. The fraction of sp³-hybridized carbons (Fsp3) is 0.500. The molecule has 4 heterocycles. The fourth-order valence-electron chi connectivity index (χ4n) is 3.87. The van der Waals surface area contributed by atoms with Crippen molar-refractivity contribution in [1.29, 1.82) is 0 Å². The van der Waals surface area contributed by atoms with Crippen LogP contribution in [0.15, 0.2) is 36.9 Å². The van der Waals surface area contributed by atoms with Crippen LogP contribution in [0.5, 0.6) is 5.88 Å². The van der Waals surface area contributed by atoms with E-state index in [1.54, 1.807) is 18.5 Å². The summed E-state index contributed by atoms with van der Waals surface area (Å²) in [5, 5.41) is 0. The van der Waals surface area contributed by atoms with Crippen LogP contribution in [0.1, 0.15) is 30.1 Å². The van der Waals surface area contributed by atoms with Crippen LogP contribution < -0.4 is 9.64 Å². The maximum absolute atomic E-state index is 12.8. The largest absolute Gasteiger partial charge is 0.478 e. The molecule has 2 fully saturated rings. The van der Waals surface area contributed by atoms with Crippen molar-refractivity contribution in [1.82, 2.24) is 19.9 Å². The van der Waals surface area contributed by atoms with Gasteiger partial charge in [-0.15, -0.1) is 0 Å². The van der Waals surface area contributed by atoms with E-state index in [9.17, 15) is 4.79 Å². The number of piperidine rings is 1. The molecule has 148 valence electrons. The molecule has 0 aliphatic carbocycles. The van der Waals surface area contributed by atoms with Crippen LogP contribution in [0.4, 0.5) is 5.82 Å². The third-order valence-electron chi connectivity index (χ3n) is 5.36. The van der Waals surface area contributed by atoms with E-state index in [0.717, 1.165) is 31.7 Å². The first-order valence-electron chi connectivity index (χ1n) is 9.72. The zero-order valence-electron chi connectivity index (χ0n) is 16.1. The molecule has 2 aromatic heterocycles. The van der Waals surface area contributed by atoms with Gasteiger partial charge >= 0.3 is 0 Å². The molecular formula is C20H25N5O3. The summed E-state index contributed by atoms with van der Waals surface area (Å²) in [7, 11) is 0. The van der Waals surface area contributed by atoms with Crippen LogP contribution in [0.2, 0.25) is 0 Å².